The Morgan fingerprint density at radius 1 is 1.19 bits per heavy atom. The van der Waals surface area contributed by atoms with E-state index in [-0.39, 0.29) is 11.5 Å². The molecule has 0 aliphatic carbocycles. The van der Waals surface area contributed by atoms with Crippen molar-refractivity contribution in [2.24, 2.45) is 7.05 Å². The average Bonchev–Trinajstić information content (AvgIpc) is 3.28. The Kier molecular flexibility index (Phi) is 4.49. The lowest BCUT2D eigenvalue weighted by atomic mass is 10.2. The molecule has 0 radical (unpaired) electrons. The largest absolute Gasteiger partial charge is 0.326 e. The van der Waals surface area contributed by atoms with Crippen molar-refractivity contribution in [3.63, 3.8) is 0 Å². The monoisotopic (exact) mass is 381 g/mol. The normalized spacial score (nSPS) is 11.3. The van der Waals surface area contributed by atoms with Crippen molar-refractivity contribution in [3.8, 4) is 0 Å². The molecule has 7 nitrogen and oxygen atoms in total. The molecule has 8 heteroatoms. The Bertz CT molecular complexity index is 1190. The second-order valence-corrected chi connectivity index (χ2v) is 7.43. The van der Waals surface area contributed by atoms with Crippen LogP contribution in [0.2, 0.25) is 0 Å². The van der Waals surface area contributed by atoms with Crippen molar-refractivity contribution in [2.75, 3.05) is 5.32 Å². The van der Waals surface area contributed by atoms with Gasteiger partial charge < -0.3 is 5.32 Å². The maximum atomic E-state index is 12.3. The molecule has 0 saturated heterocycles. The number of fused-ring (bicyclic) bond motifs is 3. The summed E-state index contributed by atoms with van der Waals surface area (Å²) in [7, 11) is 1.70. The predicted octanol–water partition coefficient (Wildman–Crippen LogP) is 2.91. The number of carbonyl (C=O) groups excluding carboxylic acids is 1. The molecule has 0 fully saturated rings. The van der Waals surface area contributed by atoms with E-state index in [4.69, 9.17) is 0 Å². The lowest BCUT2D eigenvalue weighted by molar-refractivity contribution is -0.116. The zero-order valence-electron chi connectivity index (χ0n) is 15.1. The van der Waals surface area contributed by atoms with Gasteiger partial charge in [-0.3, -0.25) is 18.6 Å². The van der Waals surface area contributed by atoms with Crippen LogP contribution in [-0.4, -0.2) is 25.1 Å². The minimum atomic E-state index is -0.0658. The van der Waals surface area contributed by atoms with Gasteiger partial charge >= 0.3 is 0 Å². The molecule has 4 aromatic rings. The SMILES string of the molecule is Cc1ccc(NC(=O)CCCc2nnc3n(C)c(=O)c4sccc4n23)cc1. The van der Waals surface area contributed by atoms with Crippen LogP contribution in [0.25, 0.3) is 16.0 Å². The summed E-state index contributed by atoms with van der Waals surface area (Å²) < 4.78 is 4.10. The molecular formula is C19H19N5O2S. The number of nitrogens with one attached hydrogen (secondary N) is 1. The van der Waals surface area contributed by atoms with E-state index >= 15 is 0 Å². The summed E-state index contributed by atoms with van der Waals surface area (Å²) in [6.45, 7) is 2.01. The van der Waals surface area contributed by atoms with E-state index in [1.807, 2.05) is 47.0 Å². The first-order valence-electron chi connectivity index (χ1n) is 8.71. The summed E-state index contributed by atoms with van der Waals surface area (Å²) in [5.41, 5.74) is 2.71. The van der Waals surface area contributed by atoms with E-state index < -0.39 is 0 Å². The maximum absolute atomic E-state index is 12.3. The summed E-state index contributed by atoms with van der Waals surface area (Å²) in [5, 5.41) is 13.2. The van der Waals surface area contributed by atoms with E-state index in [0.717, 1.165) is 22.6 Å². The smallest absolute Gasteiger partial charge is 0.272 e. The second kappa shape index (κ2) is 6.96. The molecule has 0 spiro atoms. The van der Waals surface area contributed by atoms with Crippen LogP contribution >= 0.6 is 11.3 Å². The highest BCUT2D eigenvalue weighted by molar-refractivity contribution is 7.17. The molecule has 0 saturated carbocycles. The number of thiophene rings is 1. The summed E-state index contributed by atoms with van der Waals surface area (Å²) in [4.78, 5) is 24.5. The van der Waals surface area contributed by atoms with Gasteiger partial charge in [-0.15, -0.1) is 21.5 Å². The molecule has 3 heterocycles. The minimum Gasteiger partial charge on any atom is -0.326 e. The van der Waals surface area contributed by atoms with E-state index in [1.165, 1.54) is 15.9 Å². The zero-order chi connectivity index (χ0) is 19.0. The molecule has 3 aromatic heterocycles. The van der Waals surface area contributed by atoms with Crippen LogP contribution in [0.5, 0.6) is 0 Å². The standard InChI is InChI=1S/C19H19N5O2S/c1-12-6-8-13(9-7-12)20-16(25)5-3-4-15-21-22-19-23(2)18(26)17-14(24(15)19)10-11-27-17/h6-11H,3-5H2,1-2H3,(H,20,25). The number of hydrogen-bond acceptors (Lipinski definition) is 5. The van der Waals surface area contributed by atoms with Gasteiger partial charge in [0.1, 0.15) is 10.5 Å². The minimum absolute atomic E-state index is 0.0271. The highest BCUT2D eigenvalue weighted by Crippen LogP contribution is 2.20. The van der Waals surface area contributed by atoms with Crippen LogP contribution in [0.15, 0.2) is 40.5 Å². The lowest BCUT2D eigenvalue weighted by Crippen LogP contribution is -2.19. The van der Waals surface area contributed by atoms with Gasteiger partial charge in [0.05, 0.1) is 5.52 Å². The molecule has 1 aromatic carbocycles. The molecule has 0 aliphatic heterocycles. The van der Waals surface area contributed by atoms with Gasteiger partial charge in [-0.1, -0.05) is 17.7 Å². The first-order valence-corrected chi connectivity index (χ1v) is 9.59. The fourth-order valence-corrected chi connectivity index (χ4v) is 3.93. The van der Waals surface area contributed by atoms with E-state index in [1.54, 1.807) is 7.05 Å². The third kappa shape index (κ3) is 3.23. The molecular weight excluding hydrogens is 362 g/mol. The highest BCUT2D eigenvalue weighted by atomic mass is 32.1. The molecule has 0 atom stereocenters. The van der Waals surface area contributed by atoms with E-state index in [2.05, 4.69) is 15.5 Å². The Labute approximate surface area is 159 Å². The van der Waals surface area contributed by atoms with Crippen LogP contribution in [0.3, 0.4) is 0 Å². The number of nitrogens with zero attached hydrogens (tertiary/aromatic N) is 4. The van der Waals surface area contributed by atoms with Gasteiger partial charge in [-0.05, 0) is 36.9 Å². The molecule has 0 unspecified atom stereocenters. The number of carbonyl (C=O) groups is 1. The van der Waals surface area contributed by atoms with Crippen molar-refractivity contribution < 1.29 is 4.79 Å². The van der Waals surface area contributed by atoms with Gasteiger partial charge in [0, 0.05) is 25.6 Å². The third-order valence-corrected chi connectivity index (χ3v) is 5.43. The highest BCUT2D eigenvalue weighted by Gasteiger charge is 2.15. The van der Waals surface area contributed by atoms with E-state index in [0.29, 0.717) is 29.7 Å². The predicted molar refractivity (Wildman–Crippen MR) is 106 cm³/mol. The summed E-state index contributed by atoms with van der Waals surface area (Å²) in [6, 6.07) is 9.63. The molecule has 4 rings (SSSR count). The Balaban J connectivity index is 1.49. The average molecular weight is 381 g/mol. The third-order valence-electron chi connectivity index (χ3n) is 4.54. The number of rotatable bonds is 5. The van der Waals surface area contributed by atoms with Crippen molar-refractivity contribution >= 4 is 38.9 Å². The van der Waals surface area contributed by atoms with Crippen LogP contribution in [-0.2, 0) is 18.3 Å². The fraction of sp³-hybridized carbons (Fsp3) is 0.263. The second-order valence-electron chi connectivity index (χ2n) is 6.52. The Morgan fingerprint density at radius 3 is 2.74 bits per heavy atom. The molecule has 27 heavy (non-hydrogen) atoms. The number of aromatic nitrogens is 4. The molecule has 0 aliphatic rings. The first kappa shape index (κ1) is 17.4. The van der Waals surface area contributed by atoms with Crippen LogP contribution < -0.4 is 10.9 Å². The van der Waals surface area contributed by atoms with Crippen LogP contribution in [0.4, 0.5) is 5.69 Å². The van der Waals surface area contributed by atoms with Gasteiger partial charge in [-0.25, -0.2) is 0 Å². The lowest BCUT2D eigenvalue weighted by Gasteiger charge is -2.06. The maximum Gasteiger partial charge on any atom is 0.272 e. The first-order chi connectivity index (χ1) is 13.0. The zero-order valence-corrected chi connectivity index (χ0v) is 15.9. The van der Waals surface area contributed by atoms with Crippen molar-refractivity contribution in [1.29, 1.82) is 0 Å². The van der Waals surface area contributed by atoms with Gasteiger partial charge in [0.15, 0.2) is 0 Å². The Hall–Kier alpha value is -3.00. The van der Waals surface area contributed by atoms with Crippen molar-refractivity contribution in [3.05, 3.63) is 57.5 Å². The van der Waals surface area contributed by atoms with Crippen molar-refractivity contribution in [1.82, 2.24) is 19.2 Å². The summed E-state index contributed by atoms with van der Waals surface area (Å²) >= 11 is 1.41. The summed E-state index contributed by atoms with van der Waals surface area (Å²) in [6.07, 6.45) is 1.64. The molecule has 0 bridgehead atoms. The summed E-state index contributed by atoms with van der Waals surface area (Å²) in [5.74, 6) is 1.25. The molecule has 1 amide bonds. The number of anilines is 1. The number of hydrogen-bond donors (Lipinski definition) is 1. The topological polar surface area (TPSA) is 81.3 Å². The van der Waals surface area contributed by atoms with Gasteiger partial charge in [-0.2, -0.15) is 0 Å². The van der Waals surface area contributed by atoms with Crippen LogP contribution in [0.1, 0.15) is 24.2 Å². The van der Waals surface area contributed by atoms with Crippen LogP contribution in [0, 0.1) is 6.92 Å². The molecule has 1 N–H and O–H groups in total. The number of amides is 1. The van der Waals surface area contributed by atoms with Gasteiger partial charge in [0.2, 0.25) is 11.7 Å². The fourth-order valence-electron chi connectivity index (χ4n) is 3.08. The molecule has 138 valence electrons. The number of aryl methyl sites for hydroxylation is 3. The van der Waals surface area contributed by atoms with E-state index in [9.17, 15) is 9.59 Å². The quantitative estimate of drug-likeness (QED) is 0.576. The Morgan fingerprint density at radius 2 is 1.96 bits per heavy atom. The van der Waals surface area contributed by atoms with Crippen molar-refractivity contribution in [2.45, 2.75) is 26.2 Å². The van der Waals surface area contributed by atoms with Gasteiger partial charge in [0.25, 0.3) is 5.56 Å². The number of benzene rings is 1.